The molecule has 0 atom stereocenters. The van der Waals surface area contributed by atoms with Gasteiger partial charge in [-0.25, -0.2) is 4.79 Å². The number of esters is 1. The van der Waals surface area contributed by atoms with E-state index in [-0.39, 0.29) is 17.7 Å². The standard InChI is InChI=1S/C16H11F3O4/c1-22-15(21)13-11(20)6-9-8-4-2-3-5-12(8)23-7-10(9)14(13)16(17,18)19/h2-6,20H,7H2,1H3. The predicted molar refractivity (Wildman–Crippen MR) is 74.2 cm³/mol. The Balaban J connectivity index is 2.38. The third-order valence-corrected chi connectivity index (χ3v) is 3.64. The number of para-hydroxylation sites is 1. The van der Waals surface area contributed by atoms with Crippen LogP contribution in [0.2, 0.25) is 0 Å². The smallest absolute Gasteiger partial charge is 0.417 e. The highest BCUT2D eigenvalue weighted by atomic mass is 19.4. The minimum atomic E-state index is -4.85. The first-order valence-electron chi connectivity index (χ1n) is 6.61. The summed E-state index contributed by atoms with van der Waals surface area (Å²) in [4.78, 5) is 11.7. The van der Waals surface area contributed by atoms with E-state index in [9.17, 15) is 23.1 Å². The van der Waals surface area contributed by atoms with Gasteiger partial charge < -0.3 is 14.6 Å². The highest BCUT2D eigenvalue weighted by Gasteiger charge is 2.42. The van der Waals surface area contributed by atoms with Crippen LogP contribution >= 0.6 is 0 Å². The van der Waals surface area contributed by atoms with Gasteiger partial charge in [0.2, 0.25) is 0 Å². The summed E-state index contributed by atoms with van der Waals surface area (Å²) < 4.78 is 50.3. The van der Waals surface area contributed by atoms with E-state index in [4.69, 9.17) is 4.74 Å². The number of halogens is 3. The summed E-state index contributed by atoms with van der Waals surface area (Å²) in [6.07, 6.45) is -4.85. The van der Waals surface area contributed by atoms with Crippen molar-refractivity contribution in [2.75, 3.05) is 7.11 Å². The zero-order valence-electron chi connectivity index (χ0n) is 11.9. The Morgan fingerprint density at radius 3 is 2.61 bits per heavy atom. The van der Waals surface area contributed by atoms with Crippen molar-refractivity contribution in [2.24, 2.45) is 0 Å². The van der Waals surface area contributed by atoms with Gasteiger partial charge in [0.1, 0.15) is 23.7 Å². The topological polar surface area (TPSA) is 55.8 Å². The van der Waals surface area contributed by atoms with Crippen molar-refractivity contribution in [3.8, 4) is 22.6 Å². The second-order valence-electron chi connectivity index (χ2n) is 4.95. The molecule has 0 fully saturated rings. The number of aromatic hydroxyl groups is 1. The van der Waals surface area contributed by atoms with Gasteiger partial charge in [-0.1, -0.05) is 18.2 Å². The number of rotatable bonds is 1. The molecule has 0 aliphatic carbocycles. The Kier molecular flexibility index (Phi) is 3.43. The largest absolute Gasteiger partial charge is 0.507 e. The van der Waals surface area contributed by atoms with Crippen molar-refractivity contribution >= 4 is 5.97 Å². The van der Waals surface area contributed by atoms with E-state index in [0.717, 1.165) is 13.2 Å². The van der Waals surface area contributed by atoms with Crippen LogP contribution in [0.15, 0.2) is 30.3 Å². The molecule has 0 saturated heterocycles. The number of fused-ring (bicyclic) bond motifs is 3. The number of benzene rings is 2. The molecule has 1 aliphatic heterocycles. The normalized spacial score (nSPS) is 12.9. The molecule has 0 radical (unpaired) electrons. The number of methoxy groups -OCH3 is 1. The van der Waals surface area contributed by atoms with E-state index in [2.05, 4.69) is 4.74 Å². The molecule has 3 rings (SSSR count). The molecule has 2 aromatic rings. The molecule has 0 aromatic heterocycles. The molecular weight excluding hydrogens is 313 g/mol. The van der Waals surface area contributed by atoms with E-state index in [0.29, 0.717) is 11.3 Å². The van der Waals surface area contributed by atoms with Crippen molar-refractivity contribution in [3.63, 3.8) is 0 Å². The van der Waals surface area contributed by atoms with Gasteiger partial charge in [-0.2, -0.15) is 13.2 Å². The maximum atomic E-state index is 13.5. The fourth-order valence-electron chi connectivity index (χ4n) is 2.69. The second kappa shape index (κ2) is 5.19. The lowest BCUT2D eigenvalue weighted by Crippen LogP contribution is -2.21. The molecule has 1 aliphatic rings. The van der Waals surface area contributed by atoms with Crippen LogP contribution in [0.25, 0.3) is 11.1 Å². The molecule has 2 aromatic carbocycles. The summed E-state index contributed by atoms with van der Waals surface area (Å²) in [5.74, 6) is -1.62. The van der Waals surface area contributed by atoms with Crippen molar-refractivity contribution in [1.29, 1.82) is 0 Å². The molecule has 23 heavy (non-hydrogen) atoms. The van der Waals surface area contributed by atoms with Gasteiger partial charge in [-0.05, 0) is 17.7 Å². The molecule has 0 unspecified atom stereocenters. The zero-order valence-corrected chi connectivity index (χ0v) is 11.9. The number of hydrogen-bond acceptors (Lipinski definition) is 4. The van der Waals surface area contributed by atoms with Crippen LogP contribution in [0, 0.1) is 0 Å². The molecule has 1 heterocycles. The van der Waals surface area contributed by atoms with Crippen molar-refractivity contribution < 1.29 is 32.5 Å². The van der Waals surface area contributed by atoms with Gasteiger partial charge in [-0.15, -0.1) is 0 Å². The second-order valence-corrected chi connectivity index (χ2v) is 4.95. The number of alkyl halides is 3. The lowest BCUT2D eigenvalue weighted by Gasteiger charge is -2.26. The highest BCUT2D eigenvalue weighted by Crippen LogP contribution is 2.47. The van der Waals surface area contributed by atoms with E-state index in [1.54, 1.807) is 24.3 Å². The highest BCUT2D eigenvalue weighted by molar-refractivity contribution is 5.97. The van der Waals surface area contributed by atoms with Crippen LogP contribution in [-0.4, -0.2) is 18.2 Å². The Morgan fingerprint density at radius 2 is 1.96 bits per heavy atom. The molecule has 7 heteroatoms. The summed E-state index contributed by atoms with van der Waals surface area (Å²) in [5.41, 5.74) is -1.72. The van der Waals surface area contributed by atoms with Crippen LogP contribution in [0.4, 0.5) is 13.2 Å². The van der Waals surface area contributed by atoms with Gasteiger partial charge in [0.15, 0.2) is 0 Å². The molecule has 1 N–H and O–H groups in total. The molecule has 0 amide bonds. The molecule has 0 spiro atoms. The maximum absolute atomic E-state index is 13.5. The summed E-state index contributed by atoms with van der Waals surface area (Å²) >= 11 is 0. The SMILES string of the molecule is COC(=O)c1c(O)cc2c(c1C(F)(F)F)COc1ccccc1-2. The van der Waals surface area contributed by atoms with Gasteiger partial charge in [-0.3, -0.25) is 0 Å². The Hall–Kier alpha value is -2.70. The maximum Gasteiger partial charge on any atom is 0.417 e. The van der Waals surface area contributed by atoms with Crippen LogP contribution in [0.3, 0.4) is 0 Å². The van der Waals surface area contributed by atoms with Gasteiger partial charge in [0, 0.05) is 11.1 Å². The van der Waals surface area contributed by atoms with E-state index in [1.165, 1.54) is 0 Å². The zero-order chi connectivity index (χ0) is 16.8. The summed E-state index contributed by atoms with van der Waals surface area (Å²) in [7, 11) is 0.952. The van der Waals surface area contributed by atoms with E-state index < -0.39 is 29.0 Å². The fraction of sp³-hybridized carbons (Fsp3) is 0.188. The molecule has 120 valence electrons. The number of carbonyl (C=O) groups excluding carboxylic acids is 1. The van der Waals surface area contributed by atoms with Gasteiger partial charge >= 0.3 is 12.1 Å². The first kappa shape index (κ1) is 15.2. The van der Waals surface area contributed by atoms with Crippen molar-refractivity contribution in [1.82, 2.24) is 0 Å². The average molecular weight is 324 g/mol. The number of carbonyl (C=O) groups is 1. The summed E-state index contributed by atoms with van der Waals surface area (Å²) in [6, 6.07) is 7.69. The summed E-state index contributed by atoms with van der Waals surface area (Å²) in [5, 5.41) is 10.00. The van der Waals surface area contributed by atoms with Crippen molar-refractivity contribution in [2.45, 2.75) is 12.8 Å². The van der Waals surface area contributed by atoms with Gasteiger partial charge in [0.05, 0.1) is 12.7 Å². The monoisotopic (exact) mass is 324 g/mol. The number of phenols is 1. The van der Waals surface area contributed by atoms with Crippen molar-refractivity contribution in [3.05, 3.63) is 47.0 Å². The number of phenolic OH excluding ortho intramolecular Hbond substituents is 1. The predicted octanol–water partition coefficient (Wildman–Crippen LogP) is 3.76. The third kappa shape index (κ3) is 2.38. The fourth-order valence-corrected chi connectivity index (χ4v) is 2.69. The third-order valence-electron chi connectivity index (χ3n) is 3.64. The Bertz CT molecular complexity index is 797. The molecular formula is C16H11F3O4. The quantitative estimate of drug-likeness (QED) is 0.812. The first-order chi connectivity index (χ1) is 10.8. The minimum Gasteiger partial charge on any atom is -0.507 e. The van der Waals surface area contributed by atoms with Crippen LogP contribution in [0.5, 0.6) is 11.5 Å². The van der Waals surface area contributed by atoms with Crippen LogP contribution in [0.1, 0.15) is 21.5 Å². The lowest BCUT2D eigenvalue weighted by atomic mass is 9.89. The van der Waals surface area contributed by atoms with E-state index in [1.807, 2.05) is 0 Å². The molecule has 0 saturated carbocycles. The average Bonchev–Trinajstić information content (AvgIpc) is 2.51. The first-order valence-corrected chi connectivity index (χ1v) is 6.61. The molecule has 4 nitrogen and oxygen atoms in total. The summed E-state index contributed by atoms with van der Waals surface area (Å²) in [6.45, 7) is -0.356. The van der Waals surface area contributed by atoms with Crippen LogP contribution in [-0.2, 0) is 17.5 Å². The minimum absolute atomic E-state index is 0.185. The molecule has 0 bridgehead atoms. The Morgan fingerprint density at radius 1 is 1.26 bits per heavy atom. The van der Waals surface area contributed by atoms with Gasteiger partial charge in [0.25, 0.3) is 0 Å². The Labute approximate surface area is 129 Å². The number of hydrogen-bond donors (Lipinski definition) is 1. The van der Waals surface area contributed by atoms with Crippen LogP contribution < -0.4 is 4.74 Å². The number of ether oxygens (including phenoxy) is 2. The lowest BCUT2D eigenvalue weighted by molar-refractivity contribution is -0.139. The van der Waals surface area contributed by atoms with E-state index >= 15 is 0 Å².